The molecular weight excluding hydrogens is 297 g/mol. The second-order valence-electron chi connectivity index (χ2n) is 3.07. The van der Waals surface area contributed by atoms with Crippen molar-refractivity contribution < 1.29 is 0 Å². The highest BCUT2D eigenvalue weighted by atomic mass is 35.5. The number of anilines is 1. The summed E-state index contributed by atoms with van der Waals surface area (Å²) < 4.78 is 0. The lowest BCUT2D eigenvalue weighted by atomic mass is 10.4. The Morgan fingerprint density at radius 1 is 1.11 bits per heavy atom. The van der Waals surface area contributed by atoms with Gasteiger partial charge in [0.1, 0.15) is 16.1 Å². The SMILES string of the molecule is Clc1nc(Cl)c(C=NNc2ccccn2)c(Cl)n1. The fraction of sp³-hybridized carbons (Fsp3) is 0. The van der Waals surface area contributed by atoms with Crippen molar-refractivity contribution in [1.29, 1.82) is 0 Å². The van der Waals surface area contributed by atoms with Crippen LogP contribution in [0.1, 0.15) is 5.56 Å². The zero-order valence-corrected chi connectivity index (χ0v) is 11.1. The van der Waals surface area contributed by atoms with Gasteiger partial charge >= 0.3 is 0 Å². The Morgan fingerprint density at radius 3 is 2.44 bits per heavy atom. The van der Waals surface area contributed by atoms with Crippen LogP contribution in [0, 0.1) is 0 Å². The maximum atomic E-state index is 5.86. The minimum Gasteiger partial charge on any atom is -0.261 e. The number of pyridine rings is 1. The zero-order chi connectivity index (χ0) is 13.0. The Hall–Kier alpha value is -1.43. The van der Waals surface area contributed by atoms with E-state index in [0.717, 1.165) is 0 Å². The highest BCUT2D eigenvalue weighted by molar-refractivity contribution is 6.38. The molecule has 1 N–H and O–H groups in total. The molecule has 0 fully saturated rings. The molecule has 0 aliphatic carbocycles. The number of aromatic nitrogens is 3. The zero-order valence-electron chi connectivity index (χ0n) is 8.81. The third-order valence-electron chi connectivity index (χ3n) is 1.86. The van der Waals surface area contributed by atoms with Crippen molar-refractivity contribution >= 4 is 46.8 Å². The molecule has 0 amide bonds. The molecule has 2 rings (SSSR count). The Morgan fingerprint density at radius 2 is 1.83 bits per heavy atom. The monoisotopic (exact) mass is 301 g/mol. The molecule has 5 nitrogen and oxygen atoms in total. The molecule has 2 heterocycles. The summed E-state index contributed by atoms with van der Waals surface area (Å²) in [5.41, 5.74) is 3.10. The van der Waals surface area contributed by atoms with Crippen LogP contribution in [0.15, 0.2) is 29.5 Å². The lowest BCUT2D eigenvalue weighted by Gasteiger charge is -2.01. The van der Waals surface area contributed by atoms with Crippen molar-refractivity contribution in [2.24, 2.45) is 5.10 Å². The van der Waals surface area contributed by atoms with E-state index in [4.69, 9.17) is 34.8 Å². The first-order valence-electron chi connectivity index (χ1n) is 4.75. The Balaban J connectivity index is 2.15. The van der Waals surface area contributed by atoms with Gasteiger partial charge in [-0.15, -0.1) is 0 Å². The van der Waals surface area contributed by atoms with Crippen molar-refractivity contribution in [3.63, 3.8) is 0 Å². The van der Waals surface area contributed by atoms with Gasteiger partial charge in [0.15, 0.2) is 0 Å². The van der Waals surface area contributed by atoms with E-state index in [2.05, 4.69) is 25.5 Å². The van der Waals surface area contributed by atoms with Gasteiger partial charge in [0, 0.05) is 6.20 Å². The number of rotatable bonds is 3. The highest BCUT2D eigenvalue weighted by Gasteiger charge is 2.08. The van der Waals surface area contributed by atoms with Gasteiger partial charge in [-0.2, -0.15) is 5.10 Å². The smallest absolute Gasteiger partial charge is 0.225 e. The van der Waals surface area contributed by atoms with Gasteiger partial charge < -0.3 is 0 Å². The normalized spacial score (nSPS) is 10.8. The molecule has 0 aromatic carbocycles. The van der Waals surface area contributed by atoms with Crippen LogP contribution in [0.25, 0.3) is 0 Å². The van der Waals surface area contributed by atoms with Gasteiger partial charge in [-0.25, -0.2) is 15.0 Å². The average molecular weight is 303 g/mol. The summed E-state index contributed by atoms with van der Waals surface area (Å²) in [5, 5.41) is 4.18. The largest absolute Gasteiger partial charge is 0.261 e. The minimum absolute atomic E-state index is 0.0140. The van der Waals surface area contributed by atoms with Crippen molar-refractivity contribution in [3.8, 4) is 0 Å². The van der Waals surface area contributed by atoms with Crippen molar-refractivity contribution in [1.82, 2.24) is 15.0 Å². The van der Waals surface area contributed by atoms with Crippen LogP contribution < -0.4 is 5.43 Å². The molecule has 0 spiro atoms. The third kappa shape index (κ3) is 3.29. The molecule has 0 atom stereocenters. The van der Waals surface area contributed by atoms with Gasteiger partial charge in [-0.3, -0.25) is 5.43 Å². The Kier molecular flexibility index (Phi) is 4.30. The summed E-state index contributed by atoms with van der Waals surface area (Å²) in [5.74, 6) is 0.593. The van der Waals surface area contributed by atoms with Gasteiger partial charge in [-0.05, 0) is 23.7 Å². The second-order valence-corrected chi connectivity index (χ2v) is 4.13. The number of halogens is 3. The molecular formula is C10H6Cl3N5. The molecule has 0 bridgehead atoms. The maximum absolute atomic E-state index is 5.86. The summed E-state index contributed by atoms with van der Waals surface area (Å²) in [6.45, 7) is 0. The molecule has 92 valence electrons. The summed E-state index contributed by atoms with van der Waals surface area (Å²) in [7, 11) is 0. The van der Waals surface area contributed by atoms with Crippen LogP contribution in [-0.4, -0.2) is 21.2 Å². The van der Waals surface area contributed by atoms with E-state index in [-0.39, 0.29) is 15.6 Å². The van der Waals surface area contributed by atoms with Crippen molar-refractivity contribution in [2.75, 3.05) is 5.43 Å². The second kappa shape index (κ2) is 5.95. The molecule has 0 unspecified atom stereocenters. The molecule has 18 heavy (non-hydrogen) atoms. The van der Waals surface area contributed by atoms with Gasteiger partial charge in [0.2, 0.25) is 5.28 Å². The Labute approximate surface area is 118 Å². The van der Waals surface area contributed by atoms with Crippen molar-refractivity contribution in [3.05, 3.63) is 45.5 Å². The summed E-state index contributed by atoms with van der Waals surface area (Å²) in [4.78, 5) is 11.5. The molecule has 8 heteroatoms. The molecule has 0 radical (unpaired) electrons. The van der Waals surface area contributed by atoms with E-state index in [1.165, 1.54) is 6.21 Å². The summed E-state index contributed by atoms with van der Waals surface area (Å²) in [6.07, 6.45) is 3.04. The molecule has 0 aliphatic heterocycles. The van der Waals surface area contributed by atoms with Crippen LogP contribution in [0.3, 0.4) is 0 Å². The van der Waals surface area contributed by atoms with Crippen LogP contribution in [-0.2, 0) is 0 Å². The number of nitrogens with zero attached hydrogens (tertiary/aromatic N) is 4. The lowest BCUT2D eigenvalue weighted by molar-refractivity contribution is 1.16. The van der Waals surface area contributed by atoms with Crippen LogP contribution in [0.5, 0.6) is 0 Å². The maximum Gasteiger partial charge on any atom is 0.225 e. The lowest BCUT2D eigenvalue weighted by Crippen LogP contribution is -1.97. The molecule has 2 aromatic heterocycles. The van der Waals surface area contributed by atoms with E-state index in [1.807, 2.05) is 6.07 Å². The van der Waals surface area contributed by atoms with Gasteiger partial charge in [-0.1, -0.05) is 29.3 Å². The van der Waals surface area contributed by atoms with E-state index in [9.17, 15) is 0 Å². The fourth-order valence-electron chi connectivity index (χ4n) is 1.09. The minimum atomic E-state index is -0.0140. The van der Waals surface area contributed by atoms with Crippen molar-refractivity contribution in [2.45, 2.75) is 0 Å². The molecule has 0 aliphatic rings. The van der Waals surface area contributed by atoms with Crippen LogP contribution in [0.2, 0.25) is 15.6 Å². The molecule has 0 saturated heterocycles. The molecule has 0 saturated carbocycles. The van der Waals surface area contributed by atoms with Crippen LogP contribution in [0.4, 0.5) is 5.82 Å². The predicted octanol–water partition coefficient (Wildman–Crippen LogP) is 3.28. The number of hydrogen-bond acceptors (Lipinski definition) is 5. The first-order chi connectivity index (χ1) is 8.66. The first kappa shape index (κ1) is 13.0. The number of nitrogens with one attached hydrogen (secondary N) is 1. The van der Waals surface area contributed by atoms with E-state index >= 15 is 0 Å². The number of hydrazone groups is 1. The van der Waals surface area contributed by atoms with Gasteiger partial charge in [0.25, 0.3) is 0 Å². The van der Waals surface area contributed by atoms with Gasteiger partial charge in [0.05, 0.1) is 11.8 Å². The van der Waals surface area contributed by atoms with E-state index in [1.54, 1.807) is 18.3 Å². The quantitative estimate of drug-likeness (QED) is 0.409. The average Bonchev–Trinajstić information content (AvgIpc) is 2.34. The standard InChI is InChI=1S/C10H6Cl3N5/c11-8-6(9(12)17-10(13)16-8)5-15-18-7-3-1-2-4-14-7/h1-5H,(H,14,18). The third-order valence-corrected chi connectivity index (χ3v) is 2.61. The van der Waals surface area contributed by atoms with E-state index in [0.29, 0.717) is 11.4 Å². The Bertz CT molecular complexity index is 550. The highest BCUT2D eigenvalue weighted by Crippen LogP contribution is 2.20. The van der Waals surface area contributed by atoms with Crippen LogP contribution >= 0.6 is 34.8 Å². The van der Waals surface area contributed by atoms with E-state index < -0.39 is 0 Å². The predicted molar refractivity (Wildman–Crippen MR) is 72.5 cm³/mol. The summed E-state index contributed by atoms with van der Waals surface area (Å²) >= 11 is 17.3. The molecule has 2 aromatic rings. The number of hydrogen-bond donors (Lipinski definition) is 1. The first-order valence-corrected chi connectivity index (χ1v) is 5.89. The fourth-order valence-corrected chi connectivity index (χ4v) is 1.83. The topological polar surface area (TPSA) is 63.1 Å². The summed E-state index contributed by atoms with van der Waals surface area (Å²) in [6, 6.07) is 5.39.